The van der Waals surface area contributed by atoms with Gasteiger partial charge in [0, 0.05) is 0 Å². The summed E-state index contributed by atoms with van der Waals surface area (Å²) >= 11 is 0.299. The van der Waals surface area contributed by atoms with Crippen LogP contribution in [0.5, 0.6) is 0 Å². The zero-order valence-corrected chi connectivity index (χ0v) is 10.1. The zero-order valence-electron chi connectivity index (χ0n) is 7.94. The molecule has 0 bridgehead atoms. The van der Waals surface area contributed by atoms with Gasteiger partial charge in [-0.2, -0.15) is 48.3 Å². The Balaban J connectivity index is 5.59. The topological polar surface area (TPSA) is 9.23 Å². The van der Waals surface area contributed by atoms with Gasteiger partial charge in [-0.05, 0) is 22.6 Å². The van der Waals surface area contributed by atoms with Gasteiger partial charge in [0.15, 0.2) is 0 Å². The van der Waals surface area contributed by atoms with Crippen molar-refractivity contribution in [3.05, 3.63) is 9.85 Å². The van der Waals surface area contributed by atoms with Crippen molar-refractivity contribution in [3.8, 4) is 0 Å². The molecule has 0 aromatic carbocycles. The van der Waals surface area contributed by atoms with Gasteiger partial charge in [-0.3, -0.25) is 0 Å². The summed E-state index contributed by atoms with van der Waals surface area (Å²) in [5.41, 5.74) is 0. The van der Waals surface area contributed by atoms with Crippen LogP contribution in [0.25, 0.3) is 0 Å². The van der Waals surface area contributed by atoms with E-state index in [1.165, 1.54) is 0 Å². The summed E-state index contributed by atoms with van der Waals surface area (Å²) in [4.78, 5) is 0. The third-order valence-electron chi connectivity index (χ3n) is 1.48. The minimum absolute atomic E-state index is 0.299. The Kier molecular flexibility index (Phi) is 4.99. The minimum atomic E-state index is -7.23. The van der Waals surface area contributed by atoms with Crippen LogP contribution in [0.4, 0.5) is 48.3 Å². The standard InChI is InChI=1S/C6F11IO/c7-1(18)2(8)19-6(16,17)4(11,12)3(9,10)5(13,14)15/b2-1-. The first-order chi connectivity index (χ1) is 8.08. The van der Waals surface area contributed by atoms with Crippen LogP contribution in [0.2, 0.25) is 0 Å². The van der Waals surface area contributed by atoms with Crippen molar-refractivity contribution in [1.82, 2.24) is 0 Å². The Bertz CT molecular complexity index is 366. The maximum atomic E-state index is 12.4. The molecule has 19 heavy (non-hydrogen) atoms. The molecule has 0 atom stereocenters. The van der Waals surface area contributed by atoms with Gasteiger partial charge in [0.05, 0.1) is 0 Å². The van der Waals surface area contributed by atoms with E-state index in [-0.39, 0.29) is 0 Å². The number of ether oxygens (including phenoxy) is 1. The number of hydrogen-bond donors (Lipinski definition) is 0. The molecule has 1 nitrogen and oxygen atoms in total. The van der Waals surface area contributed by atoms with E-state index in [4.69, 9.17) is 0 Å². The largest absolute Gasteiger partial charge is 0.473 e. The third-order valence-corrected chi connectivity index (χ3v) is 1.91. The summed E-state index contributed by atoms with van der Waals surface area (Å²) in [6.45, 7) is 0. The molecule has 0 aliphatic carbocycles. The van der Waals surface area contributed by atoms with Crippen LogP contribution < -0.4 is 0 Å². The van der Waals surface area contributed by atoms with Crippen molar-refractivity contribution in [2.75, 3.05) is 0 Å². The molecule has 0 aromatic heterocycles. The van der Waals surface area contributed by atoms with Crippen LogP contribution in [0.3, 0.4) is 0 Å². The summed E-state index contributed by atoms with van der Waals surface area (Å²) in [5, 5.41) is 0. The van der Waals surface area contributed by atoms with Gasteiger partial charge in [-0.25, -0.2) is 0 Å². The Hall–Kier alpha value is -0.500. The summed E-state index contributed by atoms with van der Waals surface area (Å²) in [6.07, 6.45) is -13.7. The molecule has 0 aliphatic rings. The fourth-order valence-electron chi connectivity index (χ4n) is 0.576. The van der Waals surface area contributed by atoms with Crippen molar-refractivity contribution in [3.63, 3.8) is 0 Å². The highest BCUT2D eigenvalue weighted by molar-refractivity contribution is 14.1. The molecule has 0 radical (unpaired) electrons. The van der Waals surface area contributed by atoms with E-state index in [9.17, 15) is 48.3 Å². The summed E-state index contributed by atoms with van der Waals surface area (Å²) in [7, 11) is 0. The summed E-state index contributed by atoms with van der Waals surface area (Å²) < 4.78 is 133. The molecular weight excluding hydrogens is 424 g/mol. The van der Waals surface area contributed by atoms with Gasteiger partial charge in [0.2, 0.25) is 3.83 Å². The van der Waals surface area contributed by atoms with Crippen LogP contribution in [0, 0.1) is 0 Å². The molecule has 114 valence electrons. The van der Waals surface area contributed by atoms with Gasteiger partial charge in [0.1, 0.15) is 0 Å². The Labute approximate surface area is 110 Å². The fourth-order valence-corrected chi connectivity index (χ4v) is 0.686. The molecule has 0 spiro atoms. The lowest BCUT2D eigenvalue weighted by atomic mass is 10.1. The fraction of sp³-hybridized carbons (Fsp3) is 0.667. The van der Waals surface area contributed by atoms with E-state index >= 15 is 0 Å². The average Bonchev–Trinajstić information content (AvgIpc) is 2.14. The van der Waals surface area contributed by atoms with Crippen molar-refractivity contribution in [1.29, 1.82) is 0 Å². The third kappa shape index (κ3) is 3.34. The summed E-state index contributed by atoms with van der Waals surface area (Å²) in [6, 6.07) is -3.07. The molecule has 0 aromatic rings. The van der Waals surface area contributed by atoms with Crippen molar-refractivity contribution >= 4 is 22.6 Å². The molecule has 0 saturated heterocycles. The van der Waals surface area contributed by atoms with E-state index < -0.39 is 34.0 Å². The molecule has 0 rings (SSSR count). The van der Waals surface area contributed by atoms with E-state index in [0.717, 1.165) is 0 Å². The highest BCUT2D eigenvalue weighted by atomic mass is 127. The first-order valence-electron chi connectivity index (χ1n) is 3.68. The Morgan fingerprint density at radius 3 is 1.37 bits per heavy atom. The predicted octanol–water partition coefficient (Wildman–Crippen LogP) is 4.93. The van der Waals surface area contributed by atoms with Crippen molar-refractivity contribution in [2.24, 2.45) is 0 Å². The highest BCUT2D eigenvalue weighted by Gasteiger charge is 2.83. The van der Waals surface area contributed by atoms with E-state index in [0.29, 0.717) is 22.6 Å². The molecule has 13 heteroatoms. The zero-order chi connectivity index (χ0) is 15.9. The average molecular weight is 424 g/mol. The van der Waals surface area contributed by atoms with Crippen LogP contribution in [0.1, 0.15) is 0 Å². The van der Waals surface area contributed by atoms with Gasteiger partial charge in [0.25, 0.3) is 0 Å². The predicted molar refractivity (Wildman–Crippen MR) is 45.2 cm³/mol. The molecule has 0 aliphatic heterocycles. The number of rotatable bonds is 4. The number of halogens is 12. The van der Waals surface area contributed by atoms with Crippen LogP contribution >= 0.6 is 22.6 Å². The van der Waals surface area contributed by atoms with Crippen LogP contribution in [0.15, 0.2) is 9.85 Å². The molecule has 0 amide bonds. The second kappa shape index (κ2) is 5.12. The smallest absolute Gasteiger partial charge is 0.399 e. The van der Waals surface area contributed by atoms with Gasteiger partial charge in [-0.1, -0.05) is 0 Å². The summed E-state index contributed by atoms with van der Waals surface area (Å²) in [5.74, 6) is -14.4. The maximum absolute atomic E-state index is 12.4. The number of alkyl halides is 9. The number of hydrogen-bond acceptors (Lipinski definition) is 1. The maximum Gasteiger partial charge on any atom is 0.473 e. The lowest BCUT2D eigenvalue weighted by molar-refractivity contribution is -0.440. The monoisotopic (exact) mass is 424 g/mol. The van der Waals surface area contributed by atoms with E-state index in [1.54, 1.807) is 0 Å². The highest BCUT2D eigenvalue weighted by Crippen LogP contribution is 2.54. The van der Waals surface area contributed by atoms with E-state index in [1.807, 2.05) is 0 Å². The Morgan fingerprint density at radius 2 is 1.11 bits per heavy atom. The van der Waals surface area contributed by atoms with Crippen molar-refractivity contribution < 1.29 is 53.0 Å². The van der Waals surface area contributed by atoms with Gasteiger partial charge >= 0.3 is 30.1 Å². The van der Waals surface area contributed by atoms with Crippen molar-refractivity contribution in [2.45, 2.75) is 24.1 Å². The molecular formula is C6F11IO. The molecule has 0 unspecified atom stereocenters. The molecule has 0 N–H and O–H groups in total. The lowest BCUT2D eigenvalue weighted by Gasteiger charge is -2.32. The Morgan fingerprint density at radius 1 is 0.737 bits per heavy atom. The normalized spacial score (nSPS) is 16.2. The first-order valence-corrected chi connectivity index (χ1v) is 4.75. The second-order valence-electron chi connectivity index (χ2n) is 2.80. The van der Waals surface area contributed by atoms with Crippen LogP contribution in [-0.2, 0) is 4.74 Å². The van der Waals surface area contributed by atoms with Gasteiger partial charge < -0.3 is 4.74 Å². The molecule has 0 fully saturated rings. The quantitative estimate of drug-likeness (QED) is 0.354. The van der Waals surface area contributed by atoms with Crippen LogP contribution in [-0.4, -0.2) is 24.1 Å². The molecule has 0 heterocycles. The van der Waals surface area contributed by atoms with Gasteiger partial charge in [-0.15, -0.1) is 0 Å². The first kappa shape index (κ1) is 18.5. The molecule has 0 saturated carbocycles. The second-order valence-corrected chi connectivity index (χ2v) is 3.75. The minimum Gasteiger partial charge on any atom is -0.399 e. The lowest BCUT2D eigenvalue weighted by Crippen LogP contribution is -2.61. The SMILES string of the molecule is F/C(I)=C(\F)OC(F)(F)C(F)(F)C(F)(F)C(F)(F)F. The van der Waals surface area contributed by atoms with E-state index in [2.05, 4.69) is 4.74 Å².